The van der Waals surface area contributed by atoms with Gasteiger partial charge in [-0.25, -0.2) is 18.7 Å². The third-order valence-electron chi connectivity index (χ3n) is 7.89. The Kier molecular flexibility index (Phi) is 9.24. The van der Waals surface area contributed by atoms with Crippen molar-refractivity contribution < 1.29 is 28.1 Å². The number of piperazine rings is 1. The molecule has 0 saturated carbocycles. The molecule has 0 bridgehead atoms. The largest absolute Gasteiger partial charge is 0.494 e. The summed E-state index contributed by atoms with van der Waals surface area (Å²) >= 11 is 0. The molecule has 3 aromatic rings. The summed E-state index contributed by atoms with van der Waals surface area (Å²) in [6.45, 7) is 7.93. The fourth-order valence-electron chi connectivity index (χ4n) is 5.50. The summed E-state index contributed by atoms with van der Waals surface area (Å²) in [5.41, 5.74) is 2.11. The van der Waals surface area contributed by atoms with E-state index in [1.54, 1.807) is 0 Å². The number of piperidine rings is 1. The van der Waals surface area contributed by atoms with E-state index in [1.165, 1.54) is 26.6 Å². The Morgan fingerprint density at radius 3 is 2.21 bits per heavy atom. The first-order valence-electron chi connectivity index (χ1n) is 14.1. The Hall–Kier alpha value is -3.74. The van der Waals surface area contributed by atoms with Crippen molar-refractivity contribution in [1.29, 1.82) is 0 Å². The monoisotopic (exact) mass is 584 g/mol. The van der Waals surface area contributed by atoms with Crippen molar-refractivity contribution in [3.63, 3.8) is 0 Å². The Labute approximate surface area is 244 Å². The smallest absolute Gasteiger partial charge is 0.227 e. The second-order valence-electron chi connectivity index (χ2n) is 10.8. The van der Waals surface area contributed by atoms with Crippen molar-refractivity contribution in [1.82, 2.24) is 20.2 Å². The fourth-order valence-corrected chi connectivity index (χ4v) is 5.50. The highest BCUT2D eigenvalue weighted by molar-refractivity contribution is 5.63. The average Bonchev–Trinajstić information content (AvgIpc) is 2.99. The summed E-state index contributed by atoms with van der Waals surface area (Å²) in [6, 6.07) is 7.22. The van der Waals surface area contributed by atoms with Gasteiger partial charge >= 0.3 is 0 Å². The van der Waals surface area contributed by atoms with Gasteiger partial charge in [0.2, 0.25) is 5.95 Å². The number of benzene rings is 2. The van der Waals surface area contributed by atoms with E-state index in [9.17, 15) is 13.9 Å². The van der Waals surface area contributed by atoms with Crippen LogP contribution in [0.15, 0.2) is 36.7 Å². The molecule has 5 rings (SSSR count). The summed E-state index contributed by atoms with van der Waals surface area (Å²) in [4.78, 5) is 13.2. The third kappa shape index (κ3) is 6.83. The number of aliphatic hydroxyl groups is 1. The molecule has 0 spiro atoms. The second-order valence-corrected chi connectivity index (χ2v) is 10.8. The predicted octanol–water partition coefficient (Wildman–Crippen LogP) is 3.64. The lowest BCUT2D eigenvalue weighted by molar-refractivity contribution is -0.0186. The number of methoxy groups -OCH3 is 2. The number of nitrogens with one attached hydrogen (secondary N) is 2. The number of β-amino-alcohol motifs (C(OH)–C–C–N with tert-alkyl or cyclic N) is 1. The van der Waals surface area contributed by atoms with Crippen molar-refractivity contribution in [3.05, 3.63) is 59.4 Å². The maximum atomic E-state index is 14.6. The fraction of sp³-hybridized carbons (Fsp3) is 0.467. The molecule has 10 nitrogen and oxygen atoms in total. The molecule has 2 aromatic carbocycles. The van der Waals surface area contributed by atoms with Gasteiger partial charge in [-0.05, 0) is 43.5 Å². The van der Waals surface area contributed by atoms with Crippen molar-refractivity contribution in [2.24, 2.45) is 0 Å². The topological polar surface area (TPSA) is 104 Å². The average molecular weight is 585 g/mol. The maximum absolute atomic E-state index is 14.6. The maximum Gasteiger partial charge on any atom is 0.227 e. The van der Waals surface area contributed by atoms with Gasteiger partial charge in [-0.3, -0.25) is 4.90 Å². The minimum atomic E-state index is -0.857. The van der Waals surface area contributed by atoms with Crippen molar-refractivity contribution in [2.45, 2.75) is 32.0 Å². The predicted molar refractivity (Wildman–Crippen MR) is 156 cm³/mol. The number of ether oxygens (including phenoxy) is 3. The zero-order valence-corrected chi connectivity index (χ0v) is 24.3. The van der Waals surface area contributed by atoms with Crippen LogP contribution in [0, 0.1) is 18.6 Å². The third-order valence-corrected chi connectivity index (χ3v) is 7.89. The van der Waals surface area contributed by atoms with Crippen molar-refractivity contribution in [3.8, 4) is 17.2 Å². The molecule has 0 unspecified atom stereocenters. The molecule has 2 fully saturated rings. The first-order chi connectivity index (χ1) is 20.3. The molecule has 0 aliphatic carbocycles. The highest BCUT2D eigenvalue weighted by Gasteiger charge is 2.34. The van der Waals surface area contributed by atoms with Gasteiger partial charge < -0.3 is 34.9 Å². The summed E-state index contributed by atoms with van der Waals surface area (Å²) in [5, 5.41) is 17.7. The number of halogens is 2. The van der Waals surface area contributed by atoms with Gasteiger partial charge in [0.05, 0.1) is 37.8 Å². The molecule has 2 saturated heterocycles. The van der Waals surface area contributed by atoms with Crippen LogP contribution in [-0.2, 0) is 6.61 Å². The first kappa shape index (κ1) is 29.7. The number of aryl methyl sites for hydroxylation is 1. The normalized spacial score (nSPS) is 17.1. The van der Waals surface area contributed by atoms with Gasteiger partial charge in [-0.1, -0.05) is 0 Å². The van der Waals surface area contributed by atoms with Crippen LogP contribution in [0.1, 0.15) is 24.0 Å². The van der Waals surface area contributed by atoms with Gasteiger partial charge in [0.1, 0.15) is 6.61 Å². The van der Waals surface area contributed by atoms with Gasteiger partial charge in [-0.2, -0.15) is 0 Å². The Morgan fingerprint density at radius 1 is 0.976 bits per heavy atom. The van der Waals surface area contributed by atoms with Crippen molar-refractivity contribution >= 4 is 17.3 Å². The van der Waals surface area contributed by atoms with E-state index in [1.807, 2.05) is 12.1 Å². The van der Waals surface area contributed by atoms with Crippen molar-refractivity contribution in [2.75, 3.05) is 70.2 Å². The Bertz CT molecular complexity index is 1330. The number of aromatic nitrogens is 2. The molecule has 0 atom stereocenters. The lowest BCUT2D eigenvalue weighted by atomic mass is 9.90. The summed E-state index contributed by atoms with van der Waals surface area (Å²) in [5.74, 6) is -1.40. The molecule has 2 aliphatic rings. The van der Waals surface area contributed by atoms with E-state index in [2.05, 4.69) is 43.4 Å². The molecule has 226 valence electrons. The molecule has 12 heteroatoms. The zero-order chi connectivity index (χ0) is 29.7. The van der Waals surface area contributed by atoms with E-state index in [4.69, 9.17) is 14.2 Å². The second kappa shape index (κ2) is 13.1. The number of nitrogens with zero attached hydrogens (tertiary/aromatic N) is 4. The lowest BCUT2D eigenvalue weighted by Gasteiger charge is -2.43. The molecule has 3 N–H and O–H groups in total. The van der Waals surface area contributed by atoms with Crippen LogP contribution in [0.4, 0.5) is 26.1 Å². The molecular weight excluding hydrogens is 546 g/mol. The van der Waals surface area contributed by atoms with E-state index >= 15 is 0 Å². The minimum Gasteiger partial charge on any atom is -0.494 e. The van der Waals surface area contributed by atoms with Crippen LogP contribution >= 0.6 is 0 Å². The van der Waals surface area contributed by atoms with Crippen LogP contribution < -0.4 is 29.7 Å². The van der Waals surface area contributed by atoms with Crippen LogP contribution in [-0.4, -0.2) is 85.6 Å². The van der Waals surface area contributed by atoms with Crippen LogP contribution in [0.25, 0.3) is 0 Å². The highest BCUT2D eigenvalue weighted by Crippen LogP contribution is 2.33. The molecule has 3 heterocycles. The molecule has 0 amide bonds. The Balaban J connectivity index is 1.16. The quantitative estimate of drug-likeness (QED) is 0.327. The number of anilines is 3. The standard InChI is InChI=1S/C30H38F2N6O4/c1-20-14-21(4-5-24(20)38-10-6-30(39,7-11-38)19-37-12-8-33-9-13-37)36-29-34-16-22(17-35-29)42-18-23-27(31)25(40-2)15-26(41-3)28(23)32/h4-5,14-17,33,39H,6-13,18-19H2,1-3H3,(H,34,35,36). The number of hydrogen-bond acceptors (Lipinski definition) is 10. The summed E-state index contributed by atoms with van der Waals surface area (Å²) < 4.78 is 44.7. The highest BCUT2D eigenvalue weighted by atomic mass is 19.1. The molecule has 1 aromatic heterocycles. The van der Waals surface area contributed by atoms with Crippen LogP contribution in [0.3, 0.4) is 0 Å². The molecule has 2 aliphatic heterocycles. The Morgan fingerprint density at radius 2 is 1.62 bits per heavy atom. The number of hydrogen-bond donors (Lipinski definition) is 3. The van der Waals surface area contributed by atoms with E-state index in [0.29, 0.717) is 5.95 Å². The van der Waals surface area contributed by atoms with E-state index in [0.717, 1.165) is 81.7 Å². The van der Waals surface area contributed by atoms with Gasteiger partial charge in [0.25, 0.3) is 0 Å². The molecule has 0 radical (unpaired) electrons. The first-order valence-corrected chi connectivity index (χ1v) is 14.1. The lowest BCUT2D eigenvalue weighted by Crippen LogP contribution is -2.54. The zero-order valence-electron chi connectivity index (χ0n) is 24.3. The minimum absolute atomic E-state index is 0.142. The van der Waals surface area contributed by atoms with Crippen LogP contribution in [0.5, 0.6) is 17.2 Å². The van der Waals surface area contributed by atoms with E-state index in [-0.39, 0.29) is 22.8 Å². The molecular formula is C30H38F2N6O4. The van der Waals surface area contributed by atoms with Gasteiger partial charge in [0, 0.05) is 63.3 Å². The molecule has 42 heavy (non-hydrogen) atoms. The SMILES string of the molecule is COc1cc(OC)c(F)c(COc2cnc(Nc3ccc(N4CCC(O)(CN5CCNCC5)CC4)c(C)c3)nc2)c1F. The van der Waals surface area contributed by atoms with Crippen LogP contribution in [0.2, 0.25) is 0 Å². The van der Waals surface area contributed by atoms with Gasteiger partial charge in [0.15, 0.2) is 28.9 Å². The van der Waals surface area contributed by atoms with Gasteiger partial charge in [-0.15, -0.1) is 0 Å². The summed E-state index contributed by atoms with van der Waals surface area (Å²) in [6.07, 6.45) is 4.34. The summed E-state index contributed by atoms with van der Waals surface area (Å²) in [7, 11) is 2.58. The number of rotatable bonds is 10. The van der Waals surface area contributed by atoms with E-state index < -0.39 is 23.8 Å².